The third kappa shape index (κ3) is 8.07. The molecule has 0 aromatic heterocycles. The summed E-state index contributed by atoms with van der Waals surface area (Å²) in [6, 6.07) is 12.9. The van der Waals surface area contributed by atoms with Crippen LogP contribution >= 0.6 is 0 Å². The van der Waals surface area contributed by atoms with E-state index in [9.17, 15) is 19.6 Å². The zero-order chi connectivity index (χ0) is 28.6. The minimum absolute atomic E-state index is 0.281. The Balaban J connectivity index is 2.57. The Bertz CT molecular complexity index is 1180. The third-order valence-corrected chi connectivity index (χ3v) is 6.32. The number of amides is 3. The van der Waals surface area contributed by atoms with Gasteiger partial charge in [-0.1, -0.05) is 68.3 Å². The summed E-state index contributed by atoms with van der Waals surface area (Å²) >= 11 is 0. The van der Waals surface area contributed by atoms with Crippen LogP contribution in [0.15, 0.2) is 42.5 Å². The molecule has 0 heterocycles. The van der Waals surface area contributed by atoms with E-state index < -0.39 is 35.6 Å². The van der Waals surface area contributed by atoms with Gasteiger partial charge in [0.2, 0.25) is 5.91 Å². The van der Waals surface area contributed by atoms with Crippen molar-refractivity contribution < 1.29 is 19.1 Å². The molecule has 2 rings (SSSR count). The predicted octanol–water partition coefficient (Wildman–Crippen LogP) is 5.58. The number of ether oxygens (including phenoxy) is 1. The number of carbonyl (C=O) groups excluding carboxylic acids is 3. The fraction of sp³-hybridized carbons (Fsp3) is 0.467. The number of nitrogens with zero attached hydrogens (tertiary/aromatic N) is 2. The highest BCUT2D eigenvalue weighted by molar-refractivity contribution is 6.00. The Morgan fingerprint density at radius 3 is 2.18 bits per heavy atom. The molecule has 3 atom stereocenters. The van der Waals surface area contributed by atoms with Gasteiger partial charge < -0.3 is 20.3 Å². The quantitative estimate of drug-likeness (QED) is 0.419. The molecule has 8 heteroatoms. The summed E-state index contributed by atoms with van der Waals surface area (Å²) in [5, 5.41) is 15.4. The first-order valence-electron chi connectivity index (χ1n) is 12.9. The van der Waals surface area contributed by atoms with Crippen LogP contribution in [0.4, 0.5) is 10.5 Å². The van der Waals surface area contributed by atoms with Crippen LogP contribution in [0.3, 0.4) is 0 Å². The van der Waals surface area contributed by atoms with Gasteiger partial charge in [0.15, 0.2) is 0 Å². The van der Waals surface area contributed by atoms with E-state index >= 15 is 0 Å². The molecule has 2 aromatic carbocycles. The molecule has 0 radical (unpaired) electrons. The monoisotopic (exact) mass is 520 g/mol. The van der Waals surface area contributed by atoms with Crippen LogP contribution in [0.2, 0.25) is 0 Å². The number of nitriles is 1. The number of anilines is 1. The minimum atomic E-state index is -1.10. The molecule has 204 valence electrons. The SMILES string of the molecule is CCC(C)C(NC(=O)OC(C)(C)C)C(=O)N(CC#N)C(C(=O)Nc1c(C)cccc1C)c1cccc(C)c1. The smallest absolute Gasteiger partial charge is 0.408 e. The molecule has 3 unspecified atom stereocenters. The van der Waals surface area contributed by atoms with Crippen molar-refractivity contribution in [2.45, 2.75) is 79.5 Å². The lowest BCUT2D eigenvalue weighted by molar-refractivity contribution is -0.141. The van der Waals surface area contributed by atoms with E-state index in [1.807, 2.05) is 77.1 Å². The molecule has 0 spiro atoms. The van der Waals surface area contributed by atoms with Gasteiger partial charge in [-0.15, -0.1) is 0 Å². The second-order valence-corrected chi connectivity index (χ2v) is 10.7. The Morgan fingerprint density at radius 2 is 1.66 bits per heavy atom. The van der Waals surface area contributed by atoms with Gasteiger partial charge in [-0.2, -0.15) is 5.26 Å². The largest absolute Gasteiger partial charge is 0.444 e. The van der Waals surface area contributed by atoms with Crippen LogP contribution in [-0.2, 0) is 14.3 Å². The average molecular weight is 521 g/mol. The maximum absolute atomic E-state index is 14.0. The number of hydrogen-bond acceptors (Lipinski definition) is 5. The van der Waals surface area contributed by atoms with E-state index in [0.29, 0.717) is 17.7 Å². The molecular formula is C30H40N4O4. The summed E-state index contributed by atoms with van der Waals surface area (Å²) in [6.45, 7) is 14.3. The normalized spacial score (nSPS) is 13.4. The van der Waals surface area contributed by atoms with Gasteiger partial charge >= 0.3 is 6.09 Å². The highest BCUT2D eigenvalue weighted by Crippen LogP contribution is 2.28. The van der Waals surface area contributed by atoms with Gasteiger partial charge in [0, 0.05) is 5.69 Å². The number of nitrogens with one attached hydrogen (secondary N) is 2. The molecule has 3 amide bonds. The molecule has 0 aliphatic rings. The fourth-order valence-corrected chi connectivity index (χ4v) is 4.19. The maximum Gasteiger partial charge on any atom is 0.408 e. The van der Waals surface area contributed by atoms with E-state index in [1.165, 1.54) is 4.90 Å². The first kappa shape index (κ1) is 30.4. The zero-order valence-electron chi connectivity index (χ0n) is 23.7. The van der Waals surface area contributed by atoms with Crippen LogP contribution in [0.5, 0.6) is 0 Å². The molecule has 0 saturated heterocycles. The van der Waals surface area contributed by atoms with E-state index in [2.05, 4.69) is 10.6 Å². The van der Waals surface area contributed by atoms with Gasteiger partial charge in [-0.05, 0) is 64.2 Å². The second kappa shape index (κ2) is 13.1. The summed E-state index contributed by atoms with van der Waals surface area (Å²) in [4.78, 5) is 41.8. The summed E-state index contributed by atoms with van der Waals surface area (Å²) in [5.41, 5.74) is 3.13. The predicted molar refractivity (Wildman–Crippen MR) is 148 cm³/mol. The van der Waals surface area contributed by atoms with Gasteiger partial charge in [0.1, 0.15) is 24.2 Å². The van der Waals surface area contributed by atoms with Crippen molar-refractivity contribution in [1.29, 1.82) is 5.26 Å². The maximum atomic E-state index is 14.0. The molecule has 0 fully saturated rings. The van der Waals surface area contributed by atoms with E-state index in [4.69, 9.17) is 4.74 Å². The molecule has 2 N–H and O–H groups in total. The number of carbonyl (C=O) groups is 3. The Labute approximate surface area is 226 Å². The lowest BCUT2D eigenvalue weighted by atomic mass is 9.95. The van der Waals surface area contributed by atoms with Crippen molar-refractivity contribution in [2.24, 2.45) is 5.92 Å². The average Bonchev–Trinajstić information content (AvgIpc) is 2.82. The standard InChI is InChI=1S/C30H40N4O4/c1-9-20(3)25(33-29(37)38-30(6,7)8)28(36)34(17-16-31)26(23-15-10-12-19(2)18-23)27(35)32-24-21(4)13-11-14-22(24)5/h10-15,18,20,25-26H,9,17H2,1-8H3,(H,32,35)(H,33,37). The fourth-order valence-electron chi connectivity index (χ4n) is 4.19. The lowest BCUT2D eigenvalue weighted by Gasteiger charge is -2.35. The van der Waals surface area contributed by atoms with E-state index in [0.717, 1.165) is 16.7 Å². The summed E-state index contributed by atoms with van der Waals surface area (Å²) < 4.78 is 5.40. The van der Waals surface area contributed by atoms with Crippen molar-refractivity contribution in [3.05, 3.63) is 64.7 Å². The van der Waals surface area contributed by atoms with Gasteiger partial charge in [0.25, 0.3) is 5.91 Å². The van der Waals surface area contributed by atoms with Gasteiger partial charge in [-0.3, -0.25) is 9.59 Å². The highest BCUT2D eigenvalue weighted by atomic mass is 16.6. The van der Waals surface area contributed by atoms with Crippen molar-refractivity contribution >= 4 is 23.6 Å². The van der Waals surface area contributed by atoms with Crippen molar-refractivity contribution in [1.82, 2.24) is 10.2 Å². The number of hydrogen-bond donors (Lipinski definition) is 2. The second-order valence-electron chi connectivity index (χ2n) is 10.7. The Hall–Kier alpha value is -3.86. The number of alkyl carbamates (subject to hydrolysis) is 1. The van der Waals surface area contributed by atoms with Crippen LogP contribution in [0.1, 0.15) is 69.3 Å². The van der Waals surface area contributed by atoms with Crippen LogP contribution in [0, 0.1) is 38.0 Å². The lowest BCUT2D eigenvalue weighted by Crippen LogP contribution is -2.54. The number of benzene rings is 2. The Morgan fingerprint density at radius 1 is 1.05 bits per heavy atom. The molecular weight excluding hydrogens is 480 g/mol. The zero-order valence-corrected chi connectivity index (χ0v) is 23.7. The first-order chi connectivity index (χ1) is 17.8. The molecule has 0 aliphatic carbocycles. The number of rotatable bonds is 9. The minimum Gasteiger partial charge on any atom is -0.444 e. The van der Waals surface area contributed by atoms with Crippen LogP contribution < -0.4 is 10.6 Å². The highest BCUT2D eigenvalue weighted by Gasteiger charge is 2.38. The molecule has 0 saturated carbocycles. The first-order valence-corrected chi connectivity index (χ1v) is 12.9. The van der Waals surface area contributed by atoms with Crippen LogP contribution in [0.25, 0.3) is 0 Å². The Kier molecular flexibility index (Phi) is 10.5. The molecule has 8 nitrogen and oxygen atoms in total. The number of para-hydroxylation sites is 1. The molecule has 0 aliphatic heterocycles. The van der Waals surface area contributed by atoms with Crippen molar-refractivity contribution in [3.63, 3.8) is 0 Å². The van der Waals surface area contributed by atoms with Crippen molar-refractivity contribution in [3.8, 4) is 6.07 Å². The summed E-state index contributed by atoms with van der Waals surface area (Å²) in [6.07, 6.45) is -0.156. The topological polar surface area (TPSA) is 112 Å². The molecule has 2 aromatic rings. The third-order valence-electron chi connectivity index (χ3n) is 6.32. The number of aryl methyl sites for hydroxylation is 3. The van der Waals surface area contributed by atoms with E-state index in [1.54, 1.807) is 26.8 Å². The van der Waals surface area contributed by atoms with E-state index in [-0.39, 0.29) is 12.5 Å². The van der Waals surface area contributed by atoms with Gasteiger partial charge in [0.05, 0.1) is 6.07 Å². The molecule has 0 bridgehead atoms. The van der Waals surface area contributed by atoms with Crippen molar-refractivity contribution in [2.75, 3.05) is 11.9 Å². The van der Waals surface area contributed by atoms with Gasteiger partial charge in [-0.25, -0.2) is 4.79 Å². The summed E-state index contributed by atoms with van der Waals surface area (Å²) in [5.74, 6) is -1.26. The van der Waals surface area contributed by atoms with Crippen LogP contribution in [-0.4, -0.2) is 41.0 Å². The summed E-state index contributed by atoms with van der Waals surface area (Å²) in [7, 11) is 0. The molecule has 38 heavy (non-hydrogen) atoms.